The molecule has 0 bridgehead atoms. The highest BCUT2D eigenvalue weighted by atomic mass is 32.2. The predicted octanol–water partition coefficient (Wildman–Crippen LogP) is 6.13. The molecule has 9 heteroatoms. The van der Waals surface area contributed by atoms with Crippen molar-refractivity contribution in [3.05, 3.63) is 125 Å². The van der Waals surface area contributed by atoms with Crippen LogP contribution in [0.1, 0.15) is 38.0 Å². The Morgan fingerprint density at radius 3 is 2.33 bits per heavy atom. The molecule has 0 spiro atoms. The molecule has 0 radical (unpaired) electrons. The molecule has 204 valence electrons. The van der Waals surface area contributed by atoms with E-state index in [1.165, 1.54) is 12.1 Å². The van der Waals surface area contributed by atoms with Crippen LogP contribution in [0.3, 0.4) is 0 Å². The third kappa shape index (κ3) is 6.21. The number of carbonyl (C=O) groups is 2. The third-order valence-corrected chi connectivity index (χ3v) is 9.32. The SMILES string of the molecule is Cc1ccc(C)c(NS(=O)(=O)c2ccc(NC(=O)c3ccc([C@H]4SCC(=O)N4Cc4ccccc4)cc3)cc2)c1. The van der Waals surface area contributed by atoms with Crippen LogP contribution >= 0.6 is 11.8 Å². The summed E-state index contributed by atoms with van der Waals surface area (Å²) in [6, 6.07) is 28.7. The molecule has 1 fully saturated rings. The lowest BCUT2D eigenvalue weighted by atomic mass is 10.1. The smallest absolute Gasteiger partial charge is 0.261 e. The van der Waals surface area contributed by atoms with Gasteiger partial charge in [0.1, 0.15) is 5.37 Å². The Hall–Kier alpha value is -4.08. The topological polar surface area (TPSA) is 95.6 Å². The van der Waals surface area contributed by atoms with Gasteiger partial charge in [0.2, 0.25) is 5.91 Å². The van der Waals surface area contributed by atoms with Crippen molar-refractivity contribution < 1.29 is 18.0 Å². The van der Waals surface area contributed by atoms with Gasteiger partial charge in [-0.25, -0.2) is 8.42 Å². The van der Waals surface area contributed by atoms with Crippen molar-refractivity contribution in [1.29, 1.82) is 0 Å². The molecule has 1 aliphatic heterocycles. The fraction of sp³-hybridized carbons (Fsp3) is 0.161. The first-order valence-corrected chi connectivity index (χ1v) is 15.3. The Labute approximate surface area is 238 Å². The van der Waals surface area contributed by atoms with Gasteiger partial charge >= 0.3 is 0 Å². The number of nitrogens with zero attached hydrogens (tertiary/aromatic N) is 1. The summed E-state index contributed by atoms with van der Waals surface area (Å²) in [5.41, 5.74) is 5.27. The number of carbonyl (C=O) groups excluding carboxylic acids is 2. The van der Waals surface area contributed by atoms with Crippen LogP contribution in [0.4, 0.5) is 11.4 Å². The maximum atomic E-state index is 12.9. The van der Waals surface area contributed by atoms with Crippen LogP contribution in [-0.2, 0) is 21.4 Å². The van der Waals surface area contributed by atoms with Crippen LogP contribution < -0.4 is 10.0 Å². The number of benzene rings is 4. The lowest BCUT2D eigenvalue weighted by Gasteiger charge is -2.24. The monoisotopic (exact) mass is 571 g/mol. The van der Waals surface area contributed by atoms with Crippen molar-refractivity contribution in [3.8, 4) is 0 Å². The van der Waals surface area contributed by atoms with Gasteiger partial charge in [0.15, 0.2) is 0 Å². The molecular formula is C31H29N3O4S2. The minimum Gasteiger partial charge on any atom is -0.322 e. The fourth-order valence-corrected chi connectivity index (χ4v) is 6.76. The first kappa shape index (κ1) is 27.5. The Morgan fingerprint density at radius 1 is 0.925 bits per heavy atom. The molecule has 0 aliphatic carbocycles. The highest BCUT2D eigenvalue weighted by Crippen LogP contribution is 2.39. The van der Waals surface area contributed by atoms with Crippen LogP contribution in [0.2, 0.25) is 0 Å². The first-order chi connectivity index (χ1) is 19.2. The van der Waals surface area contributed by atoms with Crippen molar-refractivity contribution in [3.63, 3.8) is 0 Å². The summed E-state index contributed by atoms with van der Waals surface area (Å²) in [5, 5.41) is 2.70. The zero-order chi connectivity index (χ0) is 28.3. The first-order valence-electron chi connectivity index (χ1n) is 12.8. The lowest BCUT2D eigenvalue weighted by molar-refractivity contribution is -0.128. The van der Waals surface area contributed by atoms with E-state index < -0.39 is 10.0 Å². The van der Waals surface area contributed by atoms with Gasteiger partial charge < -0.3 is 10.2 Å². The summed E-state index contributed by atoms with van der Waals surface area (Å²) in [4.78, 5) is 27.4. The summed E-state index contributed by atoms with van der Waals surface area (Å²) in [7, 11) is -3.78. The molecule has 0 saturated carbocycles. The number of amides is 2. The average Bonchev–Trinajstić information content (AvgIpc) is 3.31. The van der Waals surface area contributed by atoms with Gasteiger partial charge in [-0.2, -0.15) is 0 Å². The summed E-state index contributed by atoms with van der Waals surface area (Å²) < 4.78 is 28.4. The standard InChI is InChI=1S/C31H29N3O4S2/c1-21-8-9-22(2)28(18-21)33-40(37,38)27-16-14-26(15-17-27)32-30(36)24-10-12-25(13-11-24)31-34(29(35)20-39-31)19-23-6-4-3-5-7-23/h3-18,31,33H,19-20H2,1-2H3,(H,32,36)/t31-/m1/s1. The normalized spacial score (nSPS) is 15.2. The number of nitrogens with one attached hydrogen (secondary N) is 2. The molecule has 7 nitrogen and oxygen atoms in total. The number of hydrogen-bond acceptors (Lipinski definition) is 5. The molecule has 1 aliphatic rings. The van der Waals surface area contributed by atoms with Crippen molar-refractivity contribution >= 4 is 45.0 Å². The van der Waals surface area contributed by atoms with Gasteiger partial charge in [-0.05, 0) is 78.6 Å². The molecule has 0 aromatic heterocycles. The van der Waals surface area contributed by atoms with E-state index in [0.29, 0.717) is 29.2 Å². The van der Waals surface area contributed by atoms with Gasteiger partial charge in [0, 0.05) is 17.8 Å². The van der Waals surface area contributed by atoms with E-state index in [4.69, 9.17) is 0 Å². The Morgan fingerprint density at radius 2 is 1.62 bits per heavy atom. The van der Waals surface area contributed by atoms with Gasteiger partial charge in [0.25, 0.3) is 15.9 Å². The number of hydrogen-bond donors (Lipinski definition) is 2. The maximum Gasteiger partial charge on any atom is 0.261 e. The Kier molecular flexibility index (Phi) is 7.95. The molecule has 1 saturated heterocycles. The lowest BCUT2D eigenvalue weighted by Crippen LogP contribution is -2.27. The van der Waals surface area contributed by atoms with Crippen molar-refractivity contribution in [2.75, 3.05) is 15.8 Å². The van der Waals surface area contributed by atoms with Crippen LogP contribution in [0.15, 0.2) is 102 Å². The molecule has 4 aromatic rings. The molecule has 40 heavy (non-hydrogen) atoms. The van der Waals surface area contributed by atoms with Crippen LogP contribution in [0.25, 0.3) is 0 Å². The second kappa shape index (κ2) is 11.6. The van der Waals surface area contributed by atoms with Crippen LogP contribution in [-0.4, -0.2) is 30.9 Å². The minimum atomic E-state index is -3.78. The number of thioether (sulfide) groups is 1. The van der Waals surface area contributed by atoms with E-state index in [2.05, 4.69) is 10.0 Å². The zero-order valence-corrected chi connectivity index (χ0v) is 23.8. The van der Waals surface area contributed by atoms with Crippen molar-refractivity contribution in [2.45, 2.75) is 30.7 Å². The summed E-state index contributed by atoms with van der Waals surface area (Å²) in [5.74, 6) is 0.202. The van der Waals surface area contributed by atoms with Gasteiger partial charge in [-0.15, -0.1) is 11.8 Å². The molecule has 5 rings (SSSR count). The number of rotatable bonds is 8. The summed E-state index contributed by atoms with van der Waals surface area (Å²) >= 11 is 1.57. The van der Waals surface area contributed by atoms with Crippen molar-refractivity contribution in [2.24, 2.45) is 0 Å². The van der Waals surface area contributed by atoms with E-state index in [1.807, 2.05) is 73.3 Å². The molecule has 0 unspecified atom stereocenters. The zero-order valence-electron chi connectivity index (χ0n) is 22.1. The fourth-order valence-electron chi connectivity index (χ4n) is 4.45. The number of anilines is 2. The van der Waals surface area contributed by atoms with Gasteiger partial charge in [-0.3, -0.25) is 14.3 Å². The number of sulfonamides is 1. The maximum absolute atomic E-state index is 12.9. The minimum absolute atomic E-state index is 0.0929. The Balaban J connectivity index is 1.23. The average molecular weight is 572 g/mol. The number of aryl methyl sites for hydroxylation is 2. The quantitative estimate of drug-likeness (QED) is 0.265. The van der Waals surface area contributed by atoms with Crippen molar-refractivity contribution in [1.82, 2.24) is 4.90 Å². The molecule has 2 amide bonds. The molecular weight excluding hydrogens is 542 g/mol. The second-order valence-electron chi connectivity index (χ2n) is 9.69. The van der Waals surface area contributed by atoms with E-state index >= 15 is 0 Å². The second-order valence-corrected chi connectivity index (χ2v) is 12.4. The van der Waals surface area contributed by atoms with E-state index in [1.54, 1.807) is 42.1 Å². The highest BCUT2D eigenvalue weighted by Gasteiger charge is 2.32. The summed E-state index contributed by atoms with van der Waals surface area (Å²) in [6.07, 6.45) is 0. The molecule has 1 heterocycles. The Bertz CT molecular complexity index is 1640. The third-order valence-electron chi connectivity index (χ3n) is 6.68. The van der Waals surface area contributed by atoms with Crippen LogP contribution in [0.5, 0.6) is 0 Å². The van der Waals surface area contributed by atoms with E-state index in [9.17, 15) is 18.0 Å². The van der Waals surface area contributed by atoms with Gasteiger partial charge in [-0.1, -0.05) is 54.6 Å². The van der Waals surface area contributed by atoms with E-state index in [0.717, 1.165) is 22.3 Å². The van der Waals surface area contributed by atoms with Gasteiger partial charge in [0.05, 0.1) is 16.3 Å². The molecule has 1 atom stereocenters. The molecule has 2 N–H and O–H groups in total. The largest absolute Gasteiger partial charge is 0.322 e. The van der Waals surface area contributed by atoms with E-state index in [-0.39, 0.29) is 22.1 Å². The summed E-state index contributed by atoms with van der Waals surface area (Å²) in [6.45, 7) is 4.28. The van der Waals surface area contributed by atoms with Crippen LogP contribution in [0, 0.1) is 13.8 Å². The molecule has 4 aromatic carbocycles. The highest BCUT2D eigenvalue weighted by molar-refractivity contribution is 8.00. The predicted molar refractivity (Wildman–Crippen MR) is 160 cm³/mol.